The Morgan fingerprint density at radius 1 is 1.08 bits per heavy atom. The summed E-state index contributed by atoms with van der Waals surface area (Å²) < 4.78 is 0. The predicted molar refractivity (Wildman–Crippen MR) is 96.3 cm³/mol. The van der Waals surface area contributed by atoms with Crippen LogP contribution in [0.4, 0.5) is 0 Å². The highest BCUT2D eigenvalue weighted by Gasteiger charge is 2.27. The SMILES string of the molecule is CC1CCN(C2CCC(NCc3ccc(C(=O)O)cc3)CC2)CC1. The summed E-state index contributed by atoms with van der Waals surface area (Å²) in [6, 6.07) is 8.60. The molecule has 1 aliphatic carbocycles. The van der Waals surface area contributed by atoms with Gasteiger partial charge in [0.2, 0.25) is 0 Å². The van der Waals surface area contributed by atoms with Gasteiger partial charge in [-0.2, -0.15) is 0 Å². The zero-order valence-corrected chi connectivity index (χ0v) is 14.7. The van der Waals surface area contributed by atoms with Crippen molar-refractivity contribution in [1.82, 2.24) is 10.2 Å². The number of carboxylic acids is 1. The van der Waals surface area contributed by atoms with Gasteiger partial charge in [0.05, 0.1) is 5.56 Å². The molecule has 3 rings (SSSR count). The number of aromatic carboxylic acids is 1. The third-order valence-electron chi connectivity index (χ3n) is 5.83. The van der Waals surface area contributed by atoms with E-state index in [2.05, 4.69) is 17.1 Å². The molecule has 4 heteroatoms. The maximum atomic E-state index is 10.9. The lowest BCUT2D eigenvalue weighted by Crippen LogP contribution is -2.45. The molecule has 0 unspecified atom stereocenters. The molecule has 2 N–H and O–H groups in total. The standard InChI is InChI=1S/C20H30N2O2/c1-15-10-12-22(13-11-15)19-8-6-18(7-9-19)21-14-16-2-4-17(5-3-16)20(23)24/h2-5,15,18-19,21H,6-14H2,1H3,(H,23,24). The first-order valence-corrected chi connectivity index (χ1v) is 9.41. The summed E-state index contributed by atoms with van der Waals surface area (Å²) in [5.74, 6) is 0.0479. The van der Waals surface area contributed by atoms with Crippen molar-refractivity contribution >= 4 is 5.97 Å². The molecule has 0 amide bonds. The Bertz CT molecular complexity index is 527. The van der Waals surface area contributed by atoms with Crippen molar-refractivity contribution < 1.29 is 9.90 Å². The van der Waals surface area contributed by atoms with E-state index < -0.39 is 5.97 Å². The van der Waals surface area contributed by atoms with Crippen LogP contribution in [0.1, 0.15) is 61.4 Å². The fourth-order valence-corrected chi connectivity index (χ4v) is 4.07. The highest BCUT2D eigenvalue weighted by molar-refractivity contribution is 5.87. The molecule has 1 heterocycles. The molecule has 0 atom stereocenters. The van der Waals surface area contributed by atoms with Gasteiger partial charge in [-0.05, 0) is 75.2 Å². The smallest absolute Gasteiger partial charge is 0.335 e. The van der Waals surface area contributed by atoms with Gasteiger partial charge < -0.3 is 15.3 Å². The Morgan fingerprint density at radius 2 is 1.71 bits per heavy atom. The van der Waals surface area contributed by atoms with E-state index in [0.717, 1.165) is 24.1 Å². The topological polar surface area (TPSA) is 52.6 Å². The average molecular weight is 330 g/mol. The molecule has 0 bridgehead atoms. The maximum Gasteiger partial charge on any atom is 0.335 e. The molecule has 0 aromatic heterocycles. The molecule has 4 nitrogen and oxygen atoms in total. The Morgan fingerprint density at radius 3 is 2.29 bits per heavy atom. The van der Waals surface area contributed by atoms with Gasteiger partial charge in [0.1, 0.15) is 0 Å². The van der Waals surface area contributed by atoms with Gasteiger partial charge in [0.25, 0.3) is 0 Å². The second kappa shape index (κ2) is 8.13. The Labute approximate surface area is 145 Å². The lowest BCUT2D eigenvalue weighted by Gasteiger charge is -2.40. The van der Waals surface area contributed by atoms with Crippen molar-refractivity contribution in [2.75, 3.05) is 13.1 Å². The third kappa shape index (κ3) is 4.58. The first kappa shape index (κ1) is 17.4. The lowest BCUT2D eigenvalue weighted by atomic mass is 9.88. The molecule has 1 saturated heterocycles. The number of nitrogens with zero attached hydrogens (tertiary/aromatic N) is 1. The van der Waals surface area contributed by atoms with Crippen molar-refractivity contribution in [3.05, 3.63) is 35.4 Å². The van der Waals surface area contributed by atoms with Crippen LogP contribution in [0.3, 0.4) is 0 Å². The van der Waals surface area contributed by atoms with Gasteiger partial charge >= 0.3 is 5.97 Å². The second-order valence-corrected chi connectivity index (χ2v) is 7.61. The van der Waals surface area contributed by atoms with Gasteiger partial charge in [0, 0.05) is 18.6 Å². The van der Waals surface area contributed by atoms with Crippen LogP contribution >= 0.6 is 0 Å². The van der Waals surface area contributed by atoms with Gasteiger partial charge in [-0.1, -0.05) is 19.1 Å². The van der Waals surface area contributed by atoms with Crippen LogP contribution in [-0.4, -0.2) is 41.1 Å². The maximum absolute atomic E-state index is 10.9. The summed E-state index contributed by atoms with van der Waals surface area (Å²) >= 11 is 0. The number of nitrogens with one attached hydrogen (secondary N) is 1. The van der Waals surface area contributed by atoms with Crippen LogP contribution in [0.25, 0.3) is 0 Å². The van der Waals surface area contributed by atoms with Crippen LogP contribution in [0.15, 0.2) is 24.3 Å². The van der Waals surface area contributed by atoms with Gasteiger partial charge in [0.15, 0.2) is 0 Å². The van der Waals surface area contributed by atoms with Gasteiger partial charge in [-0.15, -0.1) is 0 Å². The zero-order valence-electron chi connectivity index (χ0n) is 14.7. The molecule has 24 heavy (non-hydrogen) atoms. The van der Waals surface area contributed by atoms with Crippen molar-refractivity contribution in [3.63, 3.8) is 0 Å². The molecule has 2 fully saturated rings. The molecule has 1 aromatic rings. The number of hydrogen-bond donors (Lipinski definition) is 2. The monoisotopic (exact) mass is 330 g/mol. The first-order valence-electron chi connectivity index (χ1n) is 9.41. The summed E-state index contributed by atoms with van der Waals surface area (Å²) in [6.07, 6.45) is 7.86. The quantitative estimate of drug-likeness (QED) is 0.867. The highest BCUT2D eigenvalue weighted by Crippen LogP contribution is 2.27. The van der Waals surface area contributed by atoms with E-state index >= 15 is 0 Å². The normalized spacial score (nSPS) is 26.4. The Kier molecular flexibility index (Phi) is 5.90. The van der Waals surface area contributed by atoms with Crippen molar-refractivity contribution in [2.45, 2.75) is 64.1 Å². The summed E-state index contributed by atoms with van der Waals surface area (Å²) in [4.78, 5) is 13.6. The number of likely N-dealkylation sites (tertiary alicyclic amines) is 1. The lowest BCUT2D eigenvalue weighted by molar-refractivity contribution is 0.0697. The van der Waals surface area contributed by atoms with Crippen LogP contribution < -0.4 is 5.32 Å². The van der Waals surface area contributed by atoms with E-state index in [1.165, 1.54) is 51.6 Å². The summed E-state index contributed by atoms with van der Waals surface area (Å²) in [5.41, 5.74) is 1.52. The predicted octanol–water partition coefficient (Wildman–Crippen LogP) is 3.52. The van der Waals surface area contributed by atoms with Crippen LogP contribution in [0, 0.1) is 5.92 Å². The van der Waals surface area contributed by atoms with Crippen LogP contribution in [0.2, 0.25) is 0 Å². The molecular weight excluding hydrogens is 300 g/mol. The molecule has 1 aromatic carbocycles. The summed E-state index contributed by atoms with van der Waals surface area (Å²) in [5, 5.41) is 12.6. The minimum atomic E-state index is -0.861. The number of carbonyl (C=O) groups is 1. The fraction of sp³-hybridized carbons (Fsp3) is 0.650. The summed E-state index contributed by atoms with van der Waals surface area (Å²) in [6.45, 7) is 5.79. The molecule has 132 valence electrons. The zero-order chi connectivity index (χ0) is 16.9. The number of carboxylic acid groups (broad SMARTS) is 1. The molecular formula is C20H30N2O2. The number of rotatable bonds is 5. The molecule has 0 spiro atoms. The number of hydrogen-bond acceptors (Lipinski definition) is 3. The molecule has 0 radical (unpaired) electrons. The summed E-state index contributed by atoms with van der Waals surface area (Å²) in [7, 11) is 0. The van der Waals surface area contributed by atoms with E-state index in [9.17, 15) is 4.79 Å². The van der Waals surface area contributed by atoms with Crippen molar-refractivity contribution in [3.8, 4) is 0 Å². The van der Waals surface area contributed by atoms with Crippen LogP contribution in [-0.2, 0) is 6.54 Å². The minimum absolute atomic E-state index is 0.357. The average Bonchev–Trinajstić information content (AvgIpc) is 2.61. The van der Waals surface area contributed by atoms with E-state index in [1.807, 2.05) is 12.1 Å². The van der Waals surface area contributed by atoms with E-state index in [1.54, 1.807) is 12.1 Å². The van der Waals surface area contributed by atoms with Crippen molar-refractivity contribution in [1.29, 1.82) is 0 Å². The van der Waals surface area contributed by atoms with Crippen LogP contribution in [0.5, 0.6) is 0 Å². The minimum Gasteiger partial charge on any atom is -0.478 e. The van der Waals surface area contributed by atoms with Gasteiger partial charge in [-0.25, -0.2) is 4.79 Å². The molecule has 1 saturated carbocycles. The van der Waals surface area contributed by atoms with Crippen molar-refractivity contribution in [2.24, 2.45) is 5.92 Å². The Balaban J connectivity index is 1.40. The van der Waals surface area contributed by atoms with E-state index in [4.69, 9.17) is 5.11 Å². The van der Waals surface area contributed by atoms with E-state index in [0.29, 0.717) is 11.6 Å². The third-order valence-corrected chi connectivity index (χ3v) is 5.83. The largest absolute Gasteiger partial charge is 0.478 e. The molecule has 1 aliphatic heterocycles. The number of benzene rings is 1. The fourth-order valence-electron chi connectivity index (χ4n) is 4.07. The highest BCUT2D eigenvalue weighted by atomic mass is 16.4. The van der Waals surface area contributed by atoms with Gasteiger partial charge in [-0.3, -0.25) is 0 Å². The van der Waals surface area contributed by atoms with E-state index in [-0.39, 0.29) is 0 Å². The first-order chi connectivity index (χ1) is 11.6. The molecule has 2 aliphatic rings. The number of piperidine rings is 1. The Hall–Kier alpha value is -1.39. The second-order valence-electron chi connectivity index (χ2n) is 7.61.